The first-order valence-corrected chi connectivity index (χ1v) is 6.84. The van der Waals surface area contributed by atoms with E-state index in [1.165, 1.54) is 5.56 Å². The van der Waals surface area contributed by atoms with E-state index in [9.17, 15) is 0 Å². The topological polar surface area (TPSA) is 38.5 Å². The van der Waals surface area contributed by atoms with Crippen LogP contribution in [-0.2, 0) is 11.3 Å². The third-order valence-corrected chi connectivity index (χ3v) is 4.09. The van der Waals surface area contributed by atoms with Crippen molar-refractivity contribution in [3.8, 4) is 0 Å². The molecule has 1 aliphatic heterocycles. The summed E-state index contributed by atoms with van der Waals surface area (Å²) in [5, 5.41) is 0.746. The van der Waals surface area contributed by atoms with E-state index in [0.717, 1.165) is 35.7 Å². The van der Waals surface area contributed by atoms with Crippen molar-refractivity contribution in [3.05, 3.63) is 33.3 Å². The Labute approximate surface area is 115 Å². The molecule has 1 saturated heterocycles. The Morgan fingerprint density at radius 3 is 3.06 bits per heavy atom. The molecule has 17 heavy (non-hydrogen) atoms. The molecule has 0 saturated carbocycles. The minimum atomic E-state index is 0.166. The van der Waals surface area contributed by atoms with E-state index in [0.29, 0.717) is 6.54 Å². The zero-order valence-electron chi connectivity index (χ0n) is 9.53. The normalized spacial score (nSPS) is 21.7. The highest BCUT2D eigenvalue weighted by molar-refractivity contribution is 9.10. The average molecular weight is 320 g/mol. The van der Waals surface area contributed by atoms with Crippen LogP contribution in [0, 0.1) is 0 Å². The number of halogens is 2. The molecule has 1 aliphatic rings. The highest BCUT2D eigenvalue weighted by Gasteiger charge is 2.19. The third-order valence-electron chi connectivity index (χ3n) is 2.88. The molecule has 0 bridgehead atoms. The highest BCUT2D eigenvalue weighted by atomic mass is 79.9. The summed E-state index contributed by atoms with van der Waals surface area (Å²) in [5.41, 5.74) is 6.88. The summed E-state index contributed by atoms with van der Waals surface area (Å²) in [4.78, 5) is 2.36. The van der Waals surface area contributed by atoms with Crippen LogP contribution in [0.3, 0.4) is 0 Å². The van der Waals surface area contributed by atoms with Crippen LogP contribution in [0.4, 0.5) is 0 Å². The van der Waals surface area contributed by atoms with Gasteiger partial charge in [0, 0.05) is 30.7 Å². The number of morpholine rings is 1. The summed E-state index contributed by atoms with van der Waals surface area (Å²) in [6.07, 6.45) is 0.166. The predicted molar refractivity (Wildman–Crippen MR) is 73.2 cm³/mol. The van der Waals surface area contributed by atoms with Crippen LogP contribution in [-0.4, -0.2) is 37.2 Å². The SMILES string of the molecule is NCC1CN(Cc2ccc(Cl)c(Br)c2)CCO1. The first kappa shape index (κ1) is 13.3. The number of benzene rings is 1. The fraction of sp³-hybridized carbons (Fsp3) is 0.500. The zero-order chi connectivity index (χ0) is 12.3. The Morgan fingerprint density at radius 2 is 2.35 bits per heavy atom. The molecule has 0 aromatic heterocycles. The molecule has 2 rings (SSSR count). The molecular formula is C12H16BrClN2O. The molecule has 94 valence electrons. The van der Waals surface area contributed by atoms with Gasteiger partial charge in [-0.15, -0.1) is 0 Å². The van der Waals surface area contributed by atoms with Gasteiger partial charge >= 0.3 is 0 Å². The van der Waals surface area contributed by atoms with Crippen molar-refractivity contribution in [2.45, 2.75) is 12.6 Å². The third kappa shape index (κ3) is 3.66. The molecule has 1 heterocycles. The van der Waals surface area contributed by atoms with Crippen molar-refractivity contribution in [3.63, 3.8) is 0 Å². The molecule has 1 aromatic carbocycles. The van der Waals surface area contributed by atoms with Crippen LogP contribution in [0.2, 0.25) is 5.02 Å². The second kappa shape index (κ2) is 6.16. The molecule has 1 atom stereocenters. The molecule has 1 unspecified atom stereocenters. The lowest BCUT2D eigenvalue weighted by Gasteiger charge is -2.32. The summed E-state index contributed by atoms with van der Waals surface area (Å²) in [6, 6.07) is 6.04. The van der Waals surface area contributed by atoms with Crippen molar-refractivity contribution in [1.29, 1.82) is 0 Å². The van der Waals surface area contributed by atoms with Gasteiger partial charge in [0.25, 0.3) is 0 Å². The number of hydrogen-bond acceptors (Lipinski definition) is 3. The maximum absolute atomic E-state index is 5.97. The van der Waals surface area contributed by atoms with Crippen LogP contribution in [0.25, 0.3) is 0 Å². The fourth-order valence-electron chi connectivity index (χ4n) is 1.96. The lowest BCUT2D eigenvalue weighted by Crippen LogP contribution is -2.45. The maximum atomic E-state index is 5.97. The Hall–Kier alpha value is -0.130. The molecule has 0 radical (unpaired) electrons. The van der Waals surface area contributed by atoms with Gasteiger partial charge in [-0.05, 0) is 33.6 Å². The van der Waals surface area contributed by atoms with Crippen LogP contribution in [0.15, 0.2) is 22.7 Å². The van der Waals surface area contributed by atoms with Crippen LogP contribution in [0.1, 0.15) is 5.56 Å². The molecule has 0 amide bonds. The molecule has 1 aromatic rings. The summed E-state index contributed by atoms with van der Waals surface area (Å²) in [6.45, 7) is 4.11. The van der Waals surface area contributed by atoms with E-state index in [4.69, 9.17) is 22.1 Å². The fourth-order valence-corrected chi connectivity index (χ4v) is 2.51. The Balaban J connectivity index is 1.97. The minimum absolute atomic E-state index is 0.166. The van der Waals surface area contributed by atoms with Crippen LogP contribution < -0.4 is 5.73 Å². The van der Waals surface area contributed by atoms with Crippen LogP contribution >= 0.6 is 27.5 Å². The monoisotopic (exact) mass is 318 g/mol. The van der Waals surface area contributed by atoms with Gasteiger partial charge in [0.1, 0.15) is 0 Å². The van der Waals surface area contributed by atoms with E-state index >= 15 is 0 Å². The van der Waals surface area contributed by atoms with Gasteiger partial charge in [0.2, 0.25) is 0 Å². The average Bonchev–Trinajstić information content (AvgIpc) is 2.34. The molecule has 1 fully saturated rings. The summed E-state index contributed by atoms with van der Waals surface area (Å²) in [7, 11) is 0. The van der Waals surface area contributed by atoms with Gasteiger partial charge in [0.05, 0.1) is 17.7 Å². The van der Waals surface area contributed by atoms with Crippen molar-refractivity contribution in [2.24, 2.45) is 5.73 Å². The number of ether oxygens (including phenoxy) is 1. The second-order valence-electron chi connectivity index (χ2n) is 4.21. The Bertz CT molecular complexity index is 389. The maximum Gasteiger partial charge on any atom is 0.0824 e. The van der Waals surface area contributed by atoms with E-state index in [2.05, 4.69) is 33.0 Å². The predicted octanol–water partition coefficient (Wildman–Crippen LogP) is 2.26. The van der Waals surface area contributed by atoms with Gasteiger partial charge in [-0.3, -0.25) is 4.90 Å². The van der Waals surface area contributed by atoms with Gasteiger partial charge in [0.15, 0.2) is 0 Å². The van der Waals surface area contributed by atoms with E-state index in [-0.39, 0.29) is 6.10 Å². The number of rotatable bonds is 3. The van der Waals surface area contributed by atoms with E-state index in [1.807, 2.05) is 6.07 Å². The summed E-state index contributed by atoms with van der Waals surface area (Å²) in [5.74, 6) is 0. The Kier molecular flexibility index (Phi) is 4.82. The smallest absolute Gasteiger partial charge is 0.0824 e. The van der Waals surface area contributed by atoms with Gasteiger partial charge in [-0.25, -0.2) is 0 Å². The summed E-state index contributed by atoms with van der Waals surface area (Å²) < 4.78 is 6.49. The van der Waals surface area contributed by atoms with Crippen molar-refractivity contribution in [2.75, 3.05) is 26.2 Å². The van der Waals surface area contributed by atoms with Crippen molar-refractivity contribution >= 4 is 27.5 Å². The second-order valence-corrected chi connectivity index (χ2v) is 5.47. The first-order valence-electron chi connectivity index (χ1n) is 5.67. The molecule has 2 N–H and O–H groups in total. The van der Waals surface area contributed by atoms with Crippen LogP contribution in [0.5, 0.6) is 0 Å². The van der Waals surface area contributed by atoms with E-state index < -0.39 is 0 Å². The van der Waals surface area contributed by atoms with Gasteiger partial charge < -0.3 is 10.5 Å². The molecular weight excluding hydrogens is 304 g/mol. The quantitative estimate of drug-likeness (QED) is 0.929. The minimum Gasteiger partial charge on any atom is -0.374 e. The highest BCUT2D eigenvalue weighted by Crippen LogP contribution is 2.24. The number of hydrogen-bond donors (Lipinski definition) is 1. The zero-order valence-corrected chi connectivity index (χ0v) is 11.9. The van der Waals surface area contributed by atoms with E-state index in [1.54, 1.807) is 0 Å². The lowest BCUT2D eigenvalue weighted by molar-refractivity contribution is -0.0260. The first-order chi connectivity index (χ1) is 8.19. The number of nitrogens with two attached hydrogens (primary N) is 1. The van der Waals surface area contributed by atoms with Gasteiger partial charge in [-0.2, -0.15) is 0 Å². The van der Waals surface area contributed by atoms with Gasteiger partial charge in [-0.1, -0.05) is 17.7 Å². The summed E-state index contributed by atoms with van der Waals surface area (Å²) >= 11 is 9.41. The number of nitrogens with zero attached hydrogens (tertiary/aromatic N) is 1. The molecule has 3 nitrogen and oxygen atoms in total. The standard InChI is InChI=1S/C12H16BrClN2O/c13-11-5-9(1-2-12(11)14)7-16-3-4-17-10(6-15)8-16/h1-2,5,10H,3-4,6-8,15H2. The molecule has 5 heteroatoms. The van der Waals surface area contributed by atoms with Crippen molar-refractivity contribution in [1.82, 2.24) is 4.90 Å². The molecule has 0 aliphatic carbocycles. The largest absolute Gasteiger partial charge is 0.374 e. The molecule has 0 spiro atoms. The van der Waals surface area contributed by atoms with Crippen molar-refractivity contribution < 1.29 is 4.74 Å². The lowest BCUT2D eigenvalue weighted by atomic mass is 10.2. The Morgan fingerprint density at radius 1 is 1.53 bits per heavy atom.